The highest BCUT2D eigenvalue weighted by Gasteiger charge is 2.12. The molecule has 0 saturated heterocycles. The summed E-state index contributed by atoms with van der Waals surface area (Å²) < 4.78 is 26.2. The van der Waals surface area contributed by atoms with Gasteiger partial charge in [0.15, 0.2) is 0 Å². The summed E-state index contributed by atoms with van der Waals surface area (Å²) >= 11 is 5.70. The number of benzene rings is 1. The van der Waals surface area contributed by atoms with Gasteiger partial charge in [-0.3, -0.25) is 0 Å². The summed E-state index contributed by atoms with van der Waals surface area (Å²) in [5, 5.41) is 0.523. The van der Waals surface area contributed by atoms with Crippen LogP contribution in [0.3, 0.4) is 0 Å². The first-order chi connectivity index (χ1) is 7.95. The van der Waals surface area contributed by atoms with Gasteiger partial charge in [-0.2, -0.15) is 0 Å². The lowest BCUT2D eigenvalue weighted by Crippen LogP contribution is -2.32. The highest BCUT2D eigenvalue weighted by Crippen LogP contribution is 2.13. The van der Waals surface area contributed by atoms with Crippen LogP contribution in [-0.4, -0.2) is 40.0 Å². The summed E-state index contributed by atoms with van der Waals surface area (Å²) in [6.45, 7) is 4.00. The molecule has 0 saturated carbocycles. The van der Waals surface area contributed by atoms with Crippen LogP contribution in [0.2, 0.25) is 5.02 Å². The minimum atomic E-state index is -3.42. The highest BCUT2D eigenvalue weighted by atomic mass is 35.5. The Labute approximate surface area is 108 Å². The van der Waals surface area contributed by atoms with Gasteiger partial charge in [0, 0.05) is 18.1 Å². The van der Waals surface area contributed by atoms with E-state index in [0.29, 0.717) is 18.1 Å². The van der Waals surface area contributed by atoms with E-state index in [1.807, 2.05) is 18.9 Å². The second-order valence-corrected chi connectivity index (χ2v) is 5.95. The molecule has 0 amide bonds. The first-order valence-electron chi connectivity index (χ1n) is 5.39. The van der Waals surface area contributed by atoms with Crippen LogP contribution in [0.1, 0.15) is 6.92 Å². The Morgan fingerprint density at radius 3 is 2.41 bits per heavy atom. The molecule has 0 atom stereocenters. The first kappa shape index (κ1) is 14.4. The Morgan fingerprint density at radius 2 is 1.88 bits per heavy atom. The van der Waals surface area contributed by atoms with Gasteiger partial charge < -0.3 is 4.90 Å². The standard InChI is InChI=1S/C11H17ClN2O2S/c1-3-14(2)9-8-13-17(15,16)11-6-4-10(12)5-7-11/h4-7,13H,3,8-9H2,1-2H3. The Bertz CT molecular complexity index is 445. The van der Waals surface area contributed by atoms with Crippen LogP contribution >= 0.6 is 11.6 Å². The molecule has 0 aliphatic carbocycles. The molecule has 96 valence electrons. The predicted octanol–water partition coefficient (Wildman–Crippen LogP) is 1.57. The minimum absolute atomic E-state index is 0.237. The molecule has 1 aromatic rings. The SMILES string of the molecule is CCN(C)CCNS(=O)(=O)c1ccc(Cl)cc1. The number of sulfonamides is 1. The maximum Gasteiger partial charge on any atom is 0.240 e. The lowest BCUT2D eigenvalue weighted by Gasteiger charge is -2.14. The highest BCUT2D eigenvalue weighted by molar-refractivity contribution is 7.89. The molecule has 0 aliphatic heterocycles. The van der Waals surface area contributed by atoms with Crippen molar-refractivity contribution >= 4 is 21.6 Å². The summed E-state index contributed by atoms with van der Waals surface area (Å²) in [7, 11) is -1.48. The molecule has 0 unspecified atom stereocenters. The van der Waals surface area contributed by atoms with E-state index in [4.69, 9.17) is 11.6 Å². The van der Waals surface area contributed by atoms with Crippen molar-refractivity contribution in [1.29, 1.82) is 0 Å². The molecule has 0 fully saturated rings. The summed E-state index contributed by atoms with van der Waals surface area (Å²) in [4.78, 5) is 2.27. The van der Waals surface area contributed by atoms with E-state index in [2.05, 4.69) is 4.72 Å². The van der Waals surface area contributed by atoms with Crippen molar-refractivity contribution in [2.75, 3.05) is 26.7 Å². The molecule has 6 heteroatoms. The normalized spacial score (nSPS) is 12.0. The number of likely N-dealkylation sites (N-methyl/N-ethyl adjacent to an activating group) is 1. The van der Waals surface area contributed by atoms with Gasteiger partial charge >= 0.3 is 0 Å². The quantitative estimate of drug-likeness (QED) is 0.858. The molecule has 0 heterocycles. The Kier molecular flexibility index (Phi) is 5.39. The Morgan fingerprint density at radius 1 is 1.29 bits per heavy atom. The third-order valence-electron chi connectivity index (χ3n) is 2.45. The third-order valence-corrected chi connectivity index (χ3v) is 4.18. The van der Waals surface area contributed by atoms with E-state index < -0.39 is 10.0 Å². The Hall–Kier alpha value is -0.620. The second kappa shape index (κ2) is 6.35. The molecule has 1 N–H and O–H groups in total. The molecule has 1 rings (SSSR count). The van der Waals surface area contributed by atoms with Crippen LogP contribution in [0.4, 0.5) is 0 Å². The van der Waals surface area contributed by atoms with Crippen molar-refractivity contribution < 1.29 is 8.42 Å². The lowest BCUT2D eigenvalue weighted by molar-refractivity contribution is 0.358. The first-order valence-corrected chi connectivity index (χ1v) is 7.25. The summed E-state index contributed by atoms with van der Waals surface area (Å²) in [6.07, 6.45) is 0. The van der Waals surface area contributed by atoms with Gasteiger partial charge in [0.2, 0.25) is 10.0 Å². The van der Waals surface area contributed by atoms with Gasteiger partial charge in [-0.05, 0) is 37.9 Å². The smallest absolute Gasteiger partial charge is 0.240 e. The predicted molar refractivity (Wildman–Crippen MR) is 69.8 cm³/mol. The third kappa shape index (κ3) is 4.63. The van der Waals surface area contributed by atoms with E-state index in [-0.39, 0.29) is 4.90 Å². The zero-order valence-electron chi connectivity index (χ0n) is 9.98. The number of hydrogen-bond donors (Lipinski definition) is 1. The van der Waals surface area contributed by atoms with Gasteiger partial charge in [0.25, 0.3) is 0 Å². The van der Waals surface area contributed by atoms with E-state index in [9.17, 15) is 8.42 Å². The molecule has 1 aromatic carbocycles. The number of rotatable bonds is 6. The summed E-state index contributed by atoms with van der Waals surface area (Å²) in [6, 6.07) is 6.12. The number of nitrogens with one attached hydrogen (secondary N) is 1. The van der Waals surface area contributed by atoms with Crippen molar-refractivity contribution in [3.8, 4) is 0 Å². The molecule has 4 nitrogen and oxygen atoms in total. The minimum Gasteiger partial charge on any atom is -0.305 e. The van der Waals surface area contributed by atoms with Crippen molar-refractivity contribution in [3.63, 3.8) is 0 Å². The van der Waals surface area contributed by atoms with Crippen molar-refractivity contribution in [1.82, 2.24) is 9.62 Å². The number of nitrogens with zero attached hydrogens (tertiary/aromatic N) is 1. The fraction of sp³-hybridized carbons (Fsp3) is 0.455. The Balaban J connectivity index is 2.60. The van der Waals surface area contributed by atoms with Crippen molar-refractivity contribution in [2.45, 2.75) is 11.8 Å². The van der Waals surface area contributed by atoms with Gasteiger partial charge in [0.05, 0.1) is 4.90 Å². The summed E-state index contributed by atoms with van der Waals surface area (Å²) in [5.41, 5.74) is 0. The monoisotopic (exact) mass is 276 g/mol. The van der Waals surface area contributed by atoms with E-state index in [1.165, 1.54) is 12.1 Å². The molecule has 0 aromatic heterocycles. The largest absolute Gasteiger partial charge is 0.305 e. The van der Waals surface area contributed by atoms with Crippen LogP contribution in [0.5, 0.6) is 0 Å². The zero-order valence-corrected chi connectivity index (χ0v) is 11.6. The van der Waals surface area contributed by atoms with E-state index in [0.717, 1.165) is 6.54 Å². The average Bonchev–Trinajstić information content (AvgIpc) is 2.29. The second-order valence-electron chi connectivity index (χ2n) is 3.75. The van der Waals surface area contributed by atoms with E-state index >= 15 is 0 Å². The van der Waals surface area contributed by atoms with Gasteiger partial charge in [-0.25, -0.2) is 13.1 Å². The molecular weight excluding hydrogens is 260 g/mol. The molecule has 17 heavy (non-hydrogen) atoms. The maximum atomic E-state index is 11.8. The molecular formula is C11H17ClN2O2S. The van der Waals surface area contributed by atoms with Gasteiger partial charge in [-0.1, -0.05) is 18.5 Å². The molecule has 0 bridgehead atoms. The van der Waals surface area contributed by atoms with Crippen molar-refractivity contribution in [2.24, 2.45) is 0 Å². The average molecular weight is 277 g/mol. The van der Waals surface area contributed by atoms with Crippen molar-refractivity contribution in [3.05, 3.63) is 29.3 Å². The van der Waals surface area contributed by atoms with Crippen LogP contribution in [-0.2, 0) is 10.0 Å². The number of hydrogen-bond acceptors (Lipinski definition) is 3. The number of halogens is 1. The molecule has 0 radical (unpaired) electrons. The maximum absolute atomic E-state index is 11.8. The lowest BCUT2D eigenvalue weighted by atomic mass is 10.4. The molecule has 0 aliphatic rings. The fourth-order valence-electron chi connectivity index (χ4n) is 1.23. The van der Waals surface area contributed by atoms with Gasteiger partial charge in [0.1, 0.15) is 0 Å². The molecule has 0 spiro atoms. The van der Waals surface area contributed by atoms with E-state index in [1.54, 1.807) is 12.1 Å². The fourth-order valence-corrected chi connectivity index (χ4v) is 2.37. The summed E-state index contributed by atoms with van der Waals surface area (Å²) in [5.74, 6) is 0. The zero-order chi connectivity index (χ0) is 12.9. The van der Waals surface area contributed by atoms with Crippen LogP contribution in [0.15, 0.2) is 29.2 Å². The van der Waals surface area contributed by atoms with Crippen LogP contribution in [0.25, 0.3) is 0 Å². The topological polar surface area (TPSA) is 49.4 Å². The van der Waals surface area contributed by atoms with Crippen LogP contribution in [0, 0.1) is 0 Å². The van der Waals surface area contributed by atoms with Gasteiger partial charge in [-0.15, -0.1) is 0 Å². The van der Waals surface area contributed by atoms with Crippen LogP contribution < -0.4 is 4.72 Å².